The molecular weight excluding hydrogens is 319 g/mol. The molecule has 1 saturated heterocycles. The first-order valence-electron chi connectivity index (χ1n) is 5.36. The maximum atomic E-state index is 11.5. The Labute approximate surface area is 121 Å². The predicted octanol–water partition coefficient (Wildman–Crippen LogP) is 2.67. The predicted molar refractivity (Wildman–Crippen MR) is 74.8 cm³/mol. The van der Waals surface area contributed by atoms with E-state index in [1.165, 1.54) is 6.07 Å². The highest BCUT2D eigenvalue weighted by Gasteiger charge is 2.22. The van der Waals surface area contributed by atoms with Crippen LogP contribution in [0.3, 0.4) is 0 Å². The Balaban J connectivity index is 2.29. The van der Waals surface area contributed by atoms with Crippen molar-refractivity contribution in [2.45, 2.75) is 6.42 Å². The van der Waals surface area contributed by atoms with Crippen molar-refractivity contribution in [3.63, 3.8) is 0 Å². The second kappa shape index (κ2) is 5.41. The molecule has 0 saturated carbocycles. The number of aromatic nitrogens is 1. The van der Waals surface area contributed by atoms with Crippen LogP contribution in [0.25, 0.3) is 0 Å². The lowest BCUT2D eigenvalue weighted by Crippen LogP contribution is -2.27. The molecule has 0 amide bonds. The fourth-order valence-electron chi connectivity index (χ4n) is 1.81. The number of pyridine rings is 1. The second-order valence-electron chi connectivity index (χ2n) is 4.06. The number of anilines is 1. The fourth-order valence-corrected chi connectivity index (χ4v) is 3.69. The van der Waals surface area contributed by atoms with Crippen molar-refractivity contribution >= 4 is 50.5 Å². The molecule has 0 spiro atoms. The Morgan fingerprint density at radius 2 is 1.83 bits per heavy atom. The van der Waals surface area contributed by atoms with Crippen LogP contribution in [0, 0.1) is 0 Å². The van der Waals surface area contributed by atoms with Gasteiger partial charge in [-0.1, -0.05) is 34.8 Å². The van der Waals surface area contributed by atoms with Crippen LogP contribution in [0.4, 0.5) is 5.82 Å². The van der Waals surface area contributed by atoms with E-state index in [-0.39, 0.29) is 21.7 Å². The average Bonchev–Trinajstić information content (AvgIpc) is 2.45. The molecule has 1 aliphatic rings. The summed E-state index contributed by atoms with van der Waals surface area (Å²) in [6, 6.07) is 1.52. The smallest absolute Gasteiger partial charge is 0.152 e. The topological polar surface area (TPSA) is 50.3 Å². The van der Waals surface area contributed by atoms with Gasteiger partial charge in [-0.05, 0) is 12.5 Å². The molecule has 0 unspecified atom stereocenters. The zero-order chi connectivity index (χ0) is 13.3. The Kier molecular flexibility index (Phi) is 4.26. The summed E-state index contributed by atoms with van der Waals surface area (Å²) in [5.74, 6) is 0.788. The summed E-state index contributed by atoms with van der Waals surface area (Å²) in [6.07, 6.45) is 0.556. The van der Waals surface area contributed by atoms with E-state index in [4.69, 9.17) is 34.8 Å². The molecule has 2 heterocycles. The summed E-state index contributed by atoms with van der Waals surface area (Å²) in [7, 11) is -2.96. The SMILES string of the molecule is O=S1(=O)CCCN(c2nc(Cl)c(Cl)cc2Cl)CC1. The molecule has 1 aromatic rings. The molecule has 0 bridgehead atoms. The molecule has 0 atom stereocenters. The molecule has 0 N–H and O–H groups in total. The molecule has 1 aromatic heterocycles. The molecule has 8 heteroatoms. The van der Waals surface area contributed by atoms with Gasteiger partial charge in [-0.2, -0.15) is 0 Å². The third kappa shape index (κ3) is 3.20. The van der Waals surface area contributed by atoms with Crippen molar-refractivity contribution in [3.8, 4) is 0 Å². The van der Waals surface area contributed by atoms with Crippen LogP contribution in [-0.4, -0.2) is 38.0 Å². The van der Waals surface area contributed by atoms with E-state index >= 15 is 0 Å². The van der Waals surface area contributed by atoms with Crippen molar-refractivity contribution in [1.29, 1.82) is 0 Å². The lowest BCUT2D eigenvalue weighted by atomic mass is 10.3. The van der Waals surface area contributed by atoms with E-state index in [1.807, 2.05) is 4.90 Å². The number of rotatable bonds is 1. The summed E-state index contributed by atoms with van der Waals surface area (Å²) in [5, 5.41) is 0.833. The van der Waals surface area contributed by atoms with E-state index < -0.39 is 9.84 Å². The van der Waals surface area contributed by atoms with Gasteiger partial charge in [-0.15, -0.1) is 0 Å². The summed E-state index contributed by atoms with van der Waals surface area (Å²) in [6.45, 7) is 0.955. The number of hydrogen-bond acceptors (Lipinski definition) is 4. The molecular formula is C10H11Cl3N2O2S. The van der Waals surface area contributed by atoms with Crippen molar-refractivity contribution in [3.05, 3.63) is 21.3 Å². The maximum Gasteiger partial charge on any atom is 0.152 e. The van der Waals surface area contributed by atoms with Gasteiger partial charge < -0.3 is 4.90 Å². The van der Waals surface area contributed by atoms with Crippen LogP contribution in [0.1, 0.15) is 6.42 Å². The van der Waals surface area contributed by atoms with Gasteiger partial charge in [0.05, 0.1) is 21.6 Å². The van der Waals surface area contributed by atoms with Crippen molar-refractivity contribution in [2.24, 2.45) is 0 Å². The maximum absolute atomic E-state index is 11.5. The molecule has 0 aromatic carbocycles. The number of sulfone groups is 1. The molecule has 0 radical (unpaired) electrons. The fraction of sp³-hybridized carbons (Fsp3) is 0.500. The van der Waals surface area contributed by atoms with Gasteiger partial charge in [0.15, 0.2) is 9.84 Å². The zero-order valence-corrected chi connectivity index (χ0v) is 12.5. The van der Waals surface area contributed by atoms with E-state index in [9.17, 15) is 8.42 Å². The molecule has 2 rings (SSSR count). The Bertz CT molecular complexity index is 562. The van der Waals surface area contributed by atoms with E-state index in [0.717, 1.165) is 0 Å². The van der Waals surface area contributed by atoms with Crippen LogP contribution in [0.5, 0.6) is 0 Å². The van der Waals surface area contributed by atoms with Gasteiger partial charge in [0.25, 0.3) is 0 Å². The molecule has 0 aliphatic carbocycles. The van der Waals surface area contributed by atoms with Crippen LogP contribution in [0.15, 0.2) is 6.07 Å². The standard InChI is InChI=1S/C10H11Cl3N2O2S/c11-7-6-8(12)10(14-9(7)13)15-2-1-4-18(16,17)5-3-15/h6H,1-5H2. The summed E-state index contributed by atoms with van der Waals surface area (Å²) in [5.41, 5.74) is 0. The third-order valence-electron chi connectivity index (χ3n) is 2.72. The number of halogens is 3. The molecule has 100 valence electrons. The molecule has 1 fully saturated rings. The lowest BCUT2D eigenvalue weighted by molar-refractivity contribution is 0.597. The summed E-state index contributed by atoms with van der Waals surface area (Å²) < 4.78 is 23.1. The first-order chi connectivity index (χ1) is 8.39. The Morgan fingerprint density at radius 1 is 1.11 bits per heavy atom. The van der Waals surface area contributed by atoms with Crippen molar-refractivity contribution in [2.75, 3.05) is 29.5 Å². The Hall–Kier alpha value is -0.230. The zero-order valence-electron chi connectivity index (χ0n) is 9.37. The first-order valence-corrected chi connectivity index (χ1v) is 8.31. The van der Waals surface area contributed by atoms with Gasteiger partial charge >= 0.3 is 0 Å². The molecule has 4 nitrogen and oxygen atoms in total. The van der Waals surface area contributed by atoms with E-state index in [2.05, 4.69) is 4.98 Å². The molecule has 18 heavy (non-hydrogen) atoms. The van der Waals surface area contributed by atoms with Gasteiger partial charge in [0, 0.05) is 13.1 Å². The van der Waals surface area contributed by atoms with Crippen LogP contribution < -0.4 is 4.90 Å². The van der Waals surface area contributed by atoms with Gasteiger partial charge in [-0.3, -0.25) is 0 Å². The van der Waals surface area contributed by atoms with E-state index in [1.54, 1.807) is 0 Å². The van der Waals surface area contributed by atoms with Crippen LogP contribution in [-0.2, 0) is 9.84 Å². The van der Waals surface area contributed by atoms with Gasteiger partial charge in [0.1, 0.15) is 11.0 Å². The Morgan fingerprint density at radius 3 is 2.56 bits per heavy atom. The van der Waals surface area contributed by atoms with Gasteiger partial charge in [0.2, 0.25) is 0 Å². The van der Waals surface area contributed by atoms with E-state index in [0.29, 0.717) is 30.4 Å². The monoisotopic (exact) mass is 328 g/mol. The lowest BCUT2D eigenvalue weighted by Gasteiger charge is -2.22. The van der Waals surface area contributed by atoms with Crippen LogP contribution in [0.2, 0.25) is 15.2 Å². The van der Waals surface area contributed by atoms with Crippen molar-refractivity contribution in [1.82, 2.24) is 4.98 Å². The number of hydrogen-bond donors (Lipinski definition) is 0. The number of nitrogens with zero attached hydrogens (tertiary/aromatic N) is 2. The molecule has 1 aliphatic heterocycles. The quantitative estimate of drug-likeness (QED) is 0.743. The summed E-state index contributed by atoms with van der Waals surface area (Å²) in [4.78, 5) is 5.95. The third-order valence-corrected chi connectivity index (χ3v) is 5.39. The second-order valence-corrected chi connectivity index (χ2v) is 7.53. The highest BCUT2D eigenvalue weighted by atomic mass is 35.5. The highest BCUT2D eigenvalue weighted by molar-refractivity contribution is 7.91. The normalized spacial score (nSPS) is 19.6. The summed E-state index contributed by atoms with van der Waals surface area (Å²) >= 11 is 17.7. The minimum Gasteiger partial charge on any atom is -0.354 e. The highest BCUT2D eigenvalue weighted by Crippen LogP contribution is 2.31. The van der Waals surface area contributed by atoms with Crippen LogP contribution >= 0.6 is 34.8 Å². The first kappa shape index (κ1) is 14.2. The minimum absolute atomic E-state index is 0.102. The van der Waals surface area contributed by atoms with Gasteiger partial charge in [-0.25, -0.2) is 13.4 Å². The largest absolute Gasteiger partial charge is 0.354 e. The average molecular weight is 330 g/mol. The van der Waals surface area contributed by atoms with Crippen molar-refractivity contribution < 1.29 is 8.42 Å². The minimum atomic E-state index is -2.96.